The molecule has 2 aromatic carbocycles. The lowest BCUT2D eigenvalue weighted by molar-refractivity contribution is -0.121. The number of amides is 1. The van der Waals surface area contributed by atoms with Crippen LogP contribution in [-0.4, -0.2) is 24.6 Å². The van der Waals surface area contributed by atoms with Gasteiger partial charge >= 0.3 is 0 Å². The Morgan fingerprint density at radius 3 is 2.50 bits per heavy atom. The number of rotatable bonds is 10. The van der Waals surface area contributed by atoms with Gasteiger partial charge < -0.3 is 19.6 Å². The van der Waals surface area contributed by atoms with E-state index in [4.69, 9.17) is 0 Å². The number of aromatic amines is 1. The number of aromatic nitrogens is 2. The molecule has 0 radical (unpaired) electrons. The molecule has 3 N–H and O–H groups in total. The second-order valence-electron chi connectivity index (χ2n) is 6.99. The van der Waals surface area contributed by atoms with Gasteiger partial charge in [-0.1, -0.05) is 49.4 Å². The minimum Gasteiger partial charge on any atom is -0.755 e. The van der Waals surface area contributed by atoms with Crippen molar-refractivity contribution in [2.45, 2.75) is 38.6 Å². The fourth-order valence-electron chi connectivity index (χ4n) is 3.16. The maximum absolute atomic E-state index is 12.6. The Morgan fingerprint density at radius 2 is 1.87 bits per heavy atom. The van der Waals surface area contributed by atoms with E-state index in [1.165, 1.54) is 0 Å². The first kappa shape index (κ1) is 21.7. The summed E-state index contributed by atoms with van der Waals surface area (Å²) >= 11 is -2.36. The van der Waals surface area contributed by atoms with Gasteiger partial charge in [0.15, 0.2) is 0 Å². The van der Waals surface area contributed by atoms with Crippen LogP contribution in [0.2, 0.25) is 0 Å². The summed E-state index contributed by atoms with van der Waals surface area (Å²) in [6, 6.07) is 16.7. The smallest absolute Gasteiger partial charge is 0.220 e. The monoisotopic (exact) mass is 425 g/mol. The number of anilines is 1. The normalized spacial score (nSPS) is 12.9. The third kappa shape index (κ3) is 6.53. The summed E-state index contributed by atoms with van der Waals surface area (Å²) in [7, 11) is 0. The van der Waals surface area contributed by atoms with Crippen LogP contribution in [0.15, 0.2) is 60.8 Å². The first-order valence-corrected chi connectivity index (χ1v) is 10.9. The highest BCUT2D eigenvalue weighted by atomic mass is 32.2. The molecule has 1 aromatic heterocycles. The van der Waals surface area contributed by atoms with Crippen LogP contribution in [0.25, 0.3) is 0 Å². The van der Waals surface area contributed by atoms with E-state index in [-0.39, 0.29) is 11.9 Å². The molecule has 1 unspecified atom stereocenters. The van der Waals surface area contributed by atoms with Gasteiger partial charge in [-0.05, 0) is 42.5 Å². The zero-order valence-electron chi connectivity index (χ0n) is 16.8. The lowest BCUT2D eigenvalue weighted by Gasteiger charge is -2.18. The van der Waals surface area contributed by atoms with E-state index in [0.29, 0.717) is 30.8 Å². The van der Waals surface area contributed by atoms with Crippen LogP contribution in [0.3, 0.4) is 0 Å². The molecule has 7 nitrogen and oxygen atoms in total. The van der Waals surface area contributed by atoms with Crippen LogP contribution in [0, 0.1) is 0 Å². The quantitative estimate of drug-likeness (QED) is 0.433. The van der Waals surface area contributed by atoms with Crippen molar-refractivity contribution in [3.05, 3.63) is 83.4 Å². The van der Waals surface area contributed by atoms with Crippen LogP contribution < -0.4 is 10.0 Å². The van der Waals surface area contributed by atoms with Crippen molar-refractivity contribution in [2.75, 3.05) is 4.72 Å². The highest BCUT2D eigenvalue weighted by molar-refractivity contribution is 7.80. The highest BCUT2D eigenvalue weighted by Crippen LogP contribution is 2.19. The van der Waals surface area contributed by atoms with Crippen LogP contribution >= 0.6 is 0 Å². The van der Waals surface area contributed by atoms with Crippen LogP contribution in [0.4, 0.5) is 5.69 Å². The standard InChI is InChI=1S/C22H26N4O3S/c1-2-18-15-23-22(24-18)20(14-17-8-11-19(12-9-17)26-30(28)29)25-21(27)13-10-16-6-4-3-5-7-16/h3-9,11-12,15,20,26H,2,10,13-14H2,1H3,(H,23,24)(H,25,27)(H,28,29)/p-1/t20-/m0/s1. The summed E-state index contributed by atoms with van der Waals surface area (Å²) in [6.45, 7) is 2.04. The van der Waals surface area contributed by atoms with Crippen LogP contribution in [-0.2, 0) is 35.3 Å². The van der Waals surface area contributed by atoms with Gasteiger partial charge in [0, 0.05) is 35.3 Å². The van der Waals surface area contributed by atoms with E-state index in [2.05, 4.69) is 20.0 Å². The Labute approximate surface area is 178 Å². The molecule has 0 spiro atoms. The molecular weight excluding hydrogens is 400 g/mol. The number of benzene rings is 2. The highest BCUT2D eigenvalue weighted by Gasteiger charge is 2.18. The van der Waals surface area contributed by atoms with Crippen LogP contribution in [0.5, 0.6) is 0 Å². The van der Waals surface area contributed by atoms with Gasteiger partial charge in [-0.2, -0.15) is 0 Å². The molecule has 0 saturated carbocycles. The third-order valence-electron chi connectivity index (χ3n) is 4.77. The summed E-state index contributed by atoms with van der Waals surface area (Å²) in [6.07, 6.45) is 4.21. The van der Waals surface area contributed by atoms with E-state index in [0.717, 1.165) is 23.2 Å². The molecular formula is C22H25N4O3S-. The first-order chi connectivity index (χ1) is 14.5. The molecule has 3 rings (SSSR count). The second-order valence-corrected chi connectivity index (χ2v) is 7.66. The molecule has 0 saturated heterocycles. The van der Waals surface area contributed by atoms with Gasteiger partial charge in [0.1, 0.15) is 5.82 Å². The van der Waals surface area contributed by atoms with Crippen molar-refractivity contribution in [1.82, 2.24) is 15.3 Å². The fraction of sp³-hybridized carbons (Fsp3) is 0.273. The Morgan fingerprint density at radius 1 is 1.13 bits per heavy atom. The maximum Gasteiger partial charge on any atom is 0.220 e. The lowest BCUT2D eigenvalue weighted by Crippen LogP contribution is -2.31. The number of hydrogen-bond acceptors (Lipinski definition) is 4. The molecule has 3 aromatic rings. The Hall–Kier alpha value is -2.97. The van der Waals surface area contributed by atoms with E-state index in [9.17, 15) is 13.6 Å². The summed E-state index contributed by atoms with van der Waals surface area (Å²) < 4.78 is 23.8. The van der Waals surface area contributed by atoms with Gasteiger partial charge in [0.25, 0.3) is 0 Å². The number of imidazole rings is 1. The number of hydrogen-bond donors (Lipinski definition) is 3. The largest absolute Gasteiger partial charge is 0.755 e. The first-order valence-electron chi connectivity index (χ1n) is 9.85. The van der Waals surface area contributed by atoms with Crippen molar-refractivity contribution >= 4 is 22.9 Å². The molecule has 0 aliphatic heterocycles. The maximum atomic E-state index is 12.6. The Balaban J connectivity index is 1.68. The third-order valence-corrected chi connectivity index (χ3v) is 5.18. The van der Waals surface area contributed by atoms with Gasteiger partial charge in [0.2, 0.25) is 5.91 Å². The van der Waals surface area contributed by atoms with Gasteiger partial charge in [-0.3, -0.25) is 9.00 Å². The molecule has 0 fully saturated rings. The zero-order chi connectivity index (χ0) is 21.3. The molecule has 0 aliphatic carbocycles. The molecule has 30 heavy (non-hydrogen) atoms. The van der Waals surface area contributed by atoms with E-state index >= 15 is 0 Å². The molecule has 158 valence electrons. The Bertz CT molecular complexity index is 974. The SMILES string of the molecule is CCc1cnc([C@H](Cc2ccc(NS(=O)[O-])cc2)NC(=O)CCc2ccccc2)[nH]1. The van der Waals surface area contributed by atoms with Crippen molar-refractivity contribution in [3.63, 3.8) is 0 Å². The molecule has 0 aliphatic rings. The zero-order valence-corrected chi connectivity index (χ0v) is 17.6. The van der Waals surface area contributed by atoms with E-state index < -0.39 is 11.3 Å². The minimum atomic E-state index is -2.36. The number of nitrogens with one attached hydrogen (secondary N) is 3. The van der Waals surface area contributed by atoms with Crippen LogP contribution in [0.1, 0.15) is 42.0 Å². The van der Waals surface area contributed by atoms with Crippen molar-refractivity contribution in [2.24, 2.45) is 0 Å². The number of carbonyl (C=O) groups excluding carboxylic acids is 1. The average Bonchev–Trinajstić information content (AvgIpc) is 3.23. The summed E-state index contributed by atoms with van der Waals surface area (Å²) in [5, 5.41) is 3.09. The van der Waals surface area contributed by atoms with Crippen molar-refractivity contribution < 1.29 is 13.6 Å². The second kappa shape index (κ2) is 10.7. The fourth-order valence-corrected chi connectivity index (χ4v) is 3.49. The van der Waals surface area contributed by atoms with E-state index in [1.807, 2.05) is 49.4 Å². The predicted molar refractivity (Wildman–Crippen MR) is 116 cm³/mol. The van der Waals surface area contributed by atoms with Crippen molar-refractivity contribution in [1.29, 1.82) is 0 Å². The number of nitrogens with zero attached hydrogens (tertiary/aromatic N) is 1. The Kier molecular flexibility index (Phi) is 7.75. The van der Waals surface area contributed by atoms with Crippen molar-refractivity contribution in [3.8, 4) is 0 Å². The number of H-pyrrole nitrogens is 1. The number of aryl methyl sites for hydroxylation is 2. The average molecular weight is 426 g/mol. The predicted octanol–water partition coefficient (Wildman–Crippen LogP) is 3.21. The molecule has 0 bridgehead atoms. The van der Waals surface area contributed by atoms with Gasteiger partial charge in [-0.25, -0.2) is 4.98 Å². The summed E-state index contributed by atoms with van der Waals surface area (Å²) in [5.74, 6) is 0.668. The molecule has 1 amide bonds. The van der Waals surface area contributed by atoms with E-state index in [1.54, 1.807) is 18.3 Å². The van der Waals surface area contributed by atoms with Gasteiger partial charge in [-0.15, -0.1) is 0 Å². The number of carbonyl (C=O) groups is 1. The molecule has 1 heterocycles. The lowest BCUT2D eigenvalue weighted by atomic mass is 10.0. The topological polar surface area (TPSA) is 110 Å². The minimum absolute atomic E-state index is 0.0432. The molecule has 8 heteroatoms. The van der Waals surface area contributed by atoms with Gasteiger partial charge in [0.05, 0.1) is 6.04 Å². The summed E-state index contributed by atoms with van der Waals surface area (Å²) in [5.41, 5.74) is 3.57. The summed E-state index contributed by atoms with van der Waals surface area (Å²) in [4.78, 5) is 20.3. The molecule has 2 atom stereocenters.